The van der Waals surface area contributed by atoms with Gasteiger partial charge in [0.05, 0.1) is 10.7 Å². The van der Waals surface area contributed by atoms with Gasteiger partial charge in [0, 0.05) is 17.4 Å². The predicted molar refractivity (Wildman–Crippen MR) is 103 cm³/mol. The molecule has 3 aromatic rings. The number of aromatic nitrogens is 1. The highest BCUT2D eigenvalue weighted by molar-refractivity contribution is 6.33. The SMILES string of the molecule is Cc1ccccc1NC(=O)c1cc(C(=O)Nc2ccccc2Cl)ccn1. The van der Waals surface area contributed by atoms with Crippen molar-refractivity contribution in [1.82, 2.24) is 4.98 Å². The number of anilines is 2. The largest absolute Gasteiger partial charge is 0.321 e. The van der Waals surface area contributed by atoms with Crippen molar-refractivity contribution < 1.29 is 9.59 Å². The molecule has 0 saturated carbocycles. The van der Waals surface area contributed by atoms with E-state index in [1.165, 1.54) is 18.3 Å². The van der Waals surface area contributed by atoms with Crippen molar-refractivity contribution in [2.45, 2.75) is 6.92 Å². The smallest absolute Gasteiger partial charge is 0.274 e. The maximum absolute atomic E-state index is 12.4. The molecule has 0 saturated heterocycles. The minimum absolute atomic E-state index is 0.153. The predicted octanol–water partition coefficient (Wildman–Crippen LogP) is 4.55. The number of nitrogens with one attached hydrogen (secondary N) is 2. The molecule has 6 heteroatoms. The fourth-order valence-electron chi connectivity index (χ4n) is 2.35. The van der Waals surface area contributed by atoms with Crippen LogP contribution < -0.4 is 10.6 Å². The highest BCUT2D eigenvalue weighted by Crippen LogP contribution is 2.21. The highest BCUT2D eigenvalue weighted by atomic mass is 35.5. The lowest BCUT2D eigenvalue weighted by Crippen LogP contribution is -2.17. The fourth-order valence-corrected chi connectivity index (χ4v) is 2.54. The van der Waals surface area contributed by atoms with Crippen LogP contribution in [0.15, 0.2) is 66.9 Å². The van der Waals surface area contributed by atoms with E-state index < -0.39 is 0 Å². The molecule has 0 spiro atoms. The summed E-state index contributed by atoms with van der Waals surface area (Å²) in [4.78, 5) is 28.9. The van der Waals surface area contributed by atoms with E-state index in [2.05, 4.69) is 15.6 Å². The first-order valence-corrected chi connectivity index (χ1v) is 8.31. The Kier molecular flexibility index (Phi) is 5.29. The first kappa shape index (κ1) is 17.6. The molecule has 3 rings (SSSR count). The van der Waals surface area contributed by atoms with Crippen molar-refractivity contribution in [3.8, 4) is 0 Å². The molecule has 2 amide bonds. The first-order chi connectivity index (χ1) is 12.5. The Hall–Kier alpha value is -3.18. The molecule has 0 radical (unpaired) electrons. The van der Waals surface area contributed by atoms with Gasteiger partial charge in [-0.15, -0.1) is 0 Å². The summed E-state index contributed by atoms with van der Waals surface area (Å²) in [6.07, 6.45) is 1.42. The standard InChI is InChI=1S/C20H16ClN3O2/c1-13-6-2-4-8-16(13)23-20(26)18-12-14(10-11-22-18)19(25)24-17-9-5-3-7-15(17)21/h2-12H,1H3,(H,23,26)(H,24,25). The molecule has 26 heavy (non-hydrogen) atoms. The second-order valence-corrected chi connectivity index (χ2v) is 6.04. The van der Waals surface area contributed by atoms with Crippen molar-refractivity contribution in [3.05, 3.63) is 88.7 Å². The van der Waals surface area contributed by atoms with Crippen LogP contribution >= 0.6 is 11.6 Å². The van der Waals surface area contributed by atoms with E-state index in [0.29, 0.717) is 22.0 Å². The maximum Gasteiger partial charge on any atom is 0.274 e. The zero-order valence-corrected chi connectivity index (χ0v) is 14.7. The number of benzene rings is 2. The fraction of sp³-hybridized carbons (Fsp3) is 0.0500. The van der Waals surface area contributed by atoms with Gasteiger partial charge in [-0.1, -0.05) is 41.9 Å². The number of pyridine rings is 1. The molecular formula is C20H16ClN3O2. The maximum atomic E-state index is 12.4. The van der Waals surface area contributed by atoms with Gasteiger partial charge >= 0.3 is 0 Å². The molecular weight excluding hydrogens is 350 g/mol. The summed E-state index contributed by atoms with van der Waals surface area (Å²) in [5.74, 6) is -0.753. The molecule has 0 bridgehead atoms. The van der Waals surface area contributed by atoms with Crippen molar-refractivity contribution >= 4 is 34.8 Å². The third-order valence-corrected chi connectivity index (χ3v) is 4.10. The lowest BCUT2D eigenvalue weighted by molar-refractivity contribution is 0.102. The van der Waals surface area contributed by atoms with Crippen molar-refractivity contribution in [2.75, 3.05) is 10.6 Å². The van der Waals surface area contributed by atoms with Gasteiger partial charge in [-0.05, 0) is 42.8 Å². The number of hydrogen-bond donors (Lipinski definition) is 2. The molecule has 130 valence electrons. The number of aryl methyl sites for hydroxylation is 1. The second kappa shape index (κ2) is 7.80. The Labute approximate surface area is 156 Å². The van der Waals surface area contributed by atoms with E-state index in [0.717, 1.165) is 5.56 Å². The number of hydrogen-bond acceptors (Lipinski definition) is 3. The van der Waals surface area contributed by atoms with E-state index >= 15 is 0 Å². The Balaban J connectivity index is 1.77. The molecule has 0 atom stereocenters. The van der Waals surface area contributed by atoms with E-state index in [-0.39, 0.29) is 17.5 Å². The Morgan fingerprint density at radius 3 is 2.27 bits per heavy atom. The van der Waals surface area contributed by atoms with Crippen molar-refractivity contribution in [3.63, 3.8) is 0 Å². The third-order valence-electron chi connectivity index (χ3n) is 3.77. The minimum atomic E-state index is -0.383. The molecule has 1 aromatic heterocycles. The summed E-state index contributed by atoms with van der Waals surface area (Å²) < 4.78 is 0. The van der Waals surface area contributed by atoms with E-state index in [1.807, 2.05) is 25.1 Å². The van der Waals surface area contributed by atoms with Crippen molar-refractivity contribution in [1.29, 1.82) is 0 Å². The summed E-state index contributed by atoms with van der Waals surface area (Å²) in [6, 6.07) is 17.4. The summed E-state index contributed by atoms with van der Waals surface area (Å²) in [7, 11) is 0. The lowest BCUT2D eigenvalue weighted by Gasteiger charge is -2.09. The summed E-state index contributed by atoms with van der Waals surface area (Å²) in [6.45, 7) is 1.90. The quantitative estimate of drug-likeness (QED) is 0.712. The average molecular weight is 366 g/mol. The van der Waals surface area contributed by atoms with Crippen LogP contribution in [0.3, 0.4) is 0 Å². The van der Waals surface area contributed by atoms with E-state index in [1.54, 1.807) is 30.3 Å². The van der Waals surface area contributed by atoms with Crippen LogP contribution in [-0.2, 0) is 0 Å². The zero-order chi connectivity index (χ0) is 18.5. The number of rotatable bonds is 4. The van der Waals surface area contributed by atoms with Crippen LogP contribution in [0.25, 0.3) is 0 Å². The molecule has 5 nitrogen and oxygen atoms in total. The first-order valence-electron chi connectivity index (χ1n) is 7.93. The van der Waals surface area contributed by atoms with Crippen LogP contribution in [0.4, 0.5) is 11.4 Å². The molecule has 0 aliphatic rings. The molecule has 0 fully saturated rings. The molecule has 0 aliphatic carbocycles. The Morgan fingerprint density at radius 2 is 1.54 bits per heavy atom. The molecule has 1 heterocycles. The highest BCUT2D eigenvalue weighted by Gasteiger charge is 2.13. The van der Waals surface area contributed by atoms with Gasteiger partial charge in [-0.3, -0.25) is 14.6 Å². The number of carbonyl (C=O) groups excluding carboxylic acids is 2. The molecule has 0 unspecified atom stereocenters. The average Bonchev–Trinajstić information content (AvgIpc) is 2.65. The summed E-state index contributed by atoms with van der Waals surface area (Å²) >= 11 is 6.05. The van der Waals surface area contributed by atoms with Crippen LogP contribution in [0.2, 0.25) is 5.02 Å². The number of para-hydroxylation sites is 2. The Bertz CT molecular complexity index is 898. The van der Waals surface area contributed by atoms with Crippen molar-refractivity contribution in [2.24, 2.45) is 0 Å². The monoisotopic (exact) mass is 365 g/mol. The van der Waals surface area contributed by atoms with Crippen LogP contribution in [0, 0.1) is 6.92 Å². The normalized spacial score (nSPS) is 10.2. The van der Waals surface area contributed by atoms with Gasteiger partial charge in [0.1, 0.15) is 5.69 Å². The molecule has 2 N–H and O–H groups in total. The minimum Gasteiger partial charge on any atom is -0.321 e. The molecule has 2 aromatic carbocycles. The van der Waals surface area contributed by atoms with Gasteiger partial charge in [0.2, 0.25) is 0 Å². The number of halogens is 1. The summed E-state index contributed by atoms with van der Waals surface area (Å²) in [5, 5.41) is 5.96. The van der Waals surface area contributed by atoms with Gasteiger partial charge in [-0.25, -0.2) is 0 Å². The van der Waals surface area contributed by atoms with Crippen LogP contribution in [0.5, 0.6) is 0 Å². The lowest BCUT2D eigenvalue weighted by atomic mass is 10.1. The topological polar surface area (TPSA) is 71.1 Å². The van der Waals surface area contributed by atoms with Crippen LogP contribution in [0.1, 0.15) is 26.4 Å². The third kappa shape index (κ3) is 4.07. The summed E-state index contributed by atoms with van der Waals surface area (Å²) in [5.41, 5.74) is 2.61. The number of amides is 2. The Morgan fingerprint density at radius 1 is 0.885 bits per heavy atom. The van der Waals surface area contributed by atoms with Gasteiger partial charge < -0.3 is 10.6 Å². The van der Waals surface area contributed by atoms with Gasteiger partial charge in [-0.2, -0.15) is 0 Å². The van der Waals surface area contributed by atoms with Gasteiger partial charge in [0.15, 0.2) is 0 Å². The number of carbonyl (C=O) groups is 2. The van der Waals surface area contributed by atoms with Gasteiger partial charge in [0.25, 0.3) is 11.8 Å². The number of nitrogens with zero attached hydrogens (tertiary/aromatic N) is 1. The zero-order valence-electron chi connectivity index (χ0n) is 14.0. The van der Waals surface area contributed by atoms with E-state index in [9.17, 15) is 9.59 Å². The van der Waals surface area contributed by atoms with Crippen LogP contribution in [-0.4, -0.2) is 16.8 Å². The molecule has 0 aliphatic heterocycles. The second-order valence-electron chi connectivity index (χ2n) is 5.63. The van der Waals surface area contributed by atoms with E-state index in [4.69, 9.17) is 11.6 Å².